The van der Waals surface area contributed by atoms with Crippen molar-refractivity contribution in [3.63, 3.8) is 0 Å². The molecule has 8 heteroatoms. The number of unbranched alkanes of at least 4 members (excludes halogenated alkanes) is 1. The Morgan fingerprint density at radius 2 is 1.87 bits per heavy atom. The van der Waals surface area contributed by atoms with E-state index in [0.29, 0.717) is 17.9 Å². The average molecular weight is 416 g/mol. The fraction of sp³-hybridized carbons (Fsp3) is 0.727. The minimum atomic E-state index is -0.197. The largest absolute Gasteiger partial charge is 0.335 e. The van der Waals surface area contributed by atoms with Crippen LogP contribution in [-0.2, 0) is 6.54 Å². The minimum absolute atomic E-state index is 0.197. The molecular formula is C22H37N7O. The molecular weight excluding hydrogens is 378 g/mol. The van der Waals surface area contributed by atoms with E-state index in [4.69, 9.17) is 0 Å². The van der Waals surface area contributed by atoms with Crippen LogP contribution in [0, 0.1) is 0 Å². The second-order valence-corrected chi connectivity index (χ2v) is 8.89. The number of carbonyl (C=O) groups excluding carboxylic acids is 1. The molecule has 1 saturated carbocycles. The van der Waals surface area contributed by atoms with Crippen molar-refractivity contribution in [2.24, 2.45) is 0 Å². The van der Waals surface area contributed by atoms with Gasteiger partial charge < -0.3 is 5.32 Å². The van der Waals surface area contributed by atoms with E-state index in [2.05, 4.69) is 58.3 Å². The minimum Gasteiger partial charge on any atom is -0.335 e. The summed E-state index contributed by atoms with van der Waals surface area (Å²) in [5.41, 5.74) is 0.766. The van der Waals surface area contributed by atoms with Crippen molar-refractivity contribution < 1.29 is 4.79 Å². The van der Waals surface area contributed by atoms with Crippen LogP contribution in [-0.4, -0.2) is 55.3 Å². The molecule has 166 valence electrons. The number of carbonyl (C=O) groups is 1. The zero-order valence-electron chi connectivity index (χ0n) is 18.9. The van der Waals surface area contributed by atoms with Gasteiger partial charge in [-0.15, -0.1) is 0 Å². The topological polar surface area (TPSA) is 88.0 Å². The highest BCUT2D eigenvalue weighted by Crippen LogP contribution is 2.20. The van der Waals surface area contributed by atoms with E-state index in [9.17, 15) is 4.79 Å². The van der Waals surface area contributed by atoms with Crippen molar-refractivity contribution in [2.45, 2.75) is 97.3 Å². The molecule has 0 spiro atoms. The Kier molecular flexibility index (Phi) is 8.01. The summed E-state index contributed by atoms with van der Waals surface area (Å²) in [5.74, 6) is 0.519. The van der Waals surface area contributed by atoms with Gasteiger partial charge in [0.1, 0.15) is 12.1 Å². The van der Waals surface area contributed by atoms with E-state index in [1.54, 1.807) is 6.20 Å². The molecule has 1 aliphatic carbocycles. The number of anilines is 1. The van der Waals surface area contributed by atoms with Gasteiger partial charge in [0.15, 0.2) is 5.65 Å². The number of hydrogen-bond donors (Lipinski definition) is 2. The van der Waals surface area contributed by atoms with Crippen molar-refractivity contribution in [3.05, 3.63) is 12.5 Å². The van der Waals surface area contributed by atoms with Crippen LogP contribution < -0.4 is 10.6 Å². The first-order chi connectivity index (χ1) is 14.5. The van der Waals surface area contributed by atoms with E-state index >= 15 is 0 Å². The zero-order valence-corrected chi connectivity index (χ0v) is 18.9. The van der Waals surface area contributed by atoms with Gasteiger partial charge in [-0.1, -0.05) is 19.3 Å². The summed E-state index contributed by atoms with van der Waals surface area (Å²) in [6.07, 6.45) is 11.1. The third-order valence-electron chi connectivity index (χ3n) is 5.97. The first-order valence-electron chi connectivity index (χ1n) is 11.5. The van der Waals surface area contributed by atoms with E-state index in [-0.39, 0.29) is 12.1 Å². The molecule has 0 atom stereocenters. The Labute approximate surface area is 179 Å². The molecule has 1 aliphatic rings. The molecule has 0 saturated heterocycles. The van der Waals surface area contributed by atoms with Crippen molar-refractivity contribution in [1.29, 1.82) is 0 Å². The number of hydrogen-bond acceptors (Lipinski definition) is 5. The summed E-state index contributed by atoms with van der Waals surface area (Å²) in [6, 6.07) is 1.17. The smallest absolute Gasteiger partial charge is 0.320 e. The lowest BCUT2D eigenvalue weighted by Crippen LogP contribution is -2.39. The van der Waals surface area contributed by atoms with Gasteiger partial charge in [0, 0.05) is 24.7 Å². The number of rotatable bonds is 9. The van der Waals surface area contributed by atoms with Gasteiger partial charge >= 0.3 is 6.03 Å². The molecule has 2 amide bonds. The van der Waals surface area contributed by atoms with Crippen LogP contribution in [0.4, 0.5) is 10.6 Å². The number of nitrogens with one attached hydrogen (secondary N) is 2. The predicted octanol–water partition coefficient (Wildman–Crippen LogP) is 4.18. The van der Waals surface area contributed by atoms with Gasteiger partial charge in [-0.25, -0.2) is 19.4 Å². The molecule has 0 radical (unpaired) electrons. The van der Waals surface area contributed by atoms with E-state index in [1.165, 1.54) is 25.6 Å². The Hall–Kier alpha value is -2.22. The van der Waals surface area contributed by atoms with Crippen molar-refractivity contribution in [1.82, 2.24) is 30.0 Å². The predicted molar refractivity (Wildman–Crippen MR) is 121 cm³/mol. The Morgan fingerprint density at radius 1 is 1.13 bits per heavy atom. The second kappa shape index (κ2) is 10.7. The lowest BCUT2D eigenvalue weighted by Gasteiger charge is -2.30. The van der Waals surface area contributed by atoms with E-state index < -0.39 is 0 Å². The molecule has 2 heterocycles. The number of aromatic nitrogens is 4. The monoisotopic (exact) mass is 415 g/mol. The number of urea groups is 1. The number of amides is 2. The molecule has 0 bridgehead atoms. The quantitative estimate of drug-likeness (QED) is 0.600. The highest BCUT2D eigenvalue weighted by atomic mass is 16.2. The summed E-state index contributed by atoms with van der Waals surface area (Å²) in [7, 11) is 0. The maximum Gasteiger partial charge on any atom is 0.320 e. The fourth-order valence-electron chi connectivity index (χ4n) is 4.40. The Morgan fingerprint density at radius 3 is 2.57 bits per heavy atom. The number of aryl methyl sites for hydroxylation is 1. The number of nitrogens with zero attached hydrogens (tertiary/aromatic N) is 5. The SMILES string of the molecule is CC(C)N(CCCCn1ncc2c(NC(=O)NC3CCCCC3)ncnc21)C(C)C. The van der Waals surface area contributed by atoms with Crippen molar-refractivity contribution >= 4 is 22.9 Å². The van der Waals surface area contributed by atoms with Gasteiger partial charge in [-0.05, 0) is 59.9 Å². The van der Waals surface area contributed by atoms with E-state index in [1.807, 2.05) is 4.68 Å². The summed E-state index contributed by atoms with van der Waals surface area (Å²) < 4.78 is 1.91. The molecule has 0 aliphatic heterocycles. The molecule has 2 N–H and O–H groups in total. The maximum atomic E-state index is 12.4. The van der Waals surface area contributed by atoms with Gasteiger partial charge in [-0.2, -0.15) is 5.10 Å². The molecule has 2 aromatic rings. The Balaban J connectivity index is 1.56. The molecule has 1 fully saturated rings. The van der Waals surface area contributed by atoms with Crippen LogP contribution in [0.3, 0.4) is 0 Å². The van der Waals surface area contributed by atoms with Crippen LogP contribution in [0.1, 0.15) is 72.6 Å². The highest BCUT2D eigenvalue weighted by molar-refractivity contribution is 5.97. The average Bonchev–Trinajstić information content (AvgIpc) is 3.12. The summed E-state index contributed by atoms with van der Waals surface area (Å²) in [5, 5.41) is 11.2. The molecule has 2 aromatic heterocycles. The second-order valence-electron chi connectivity index (χ2n) is 8.89. The van der Waals surface area contributed by atoms with Gasteiger partial charge in [0.05, 0.1) is 11.6 Å². The van der Waals surface area contributed by atoms with Crippen LogP contribution in [0.25, 0.3) is 11.0 Å². The Bertz CT molecular complexity index is 803. The molecule has 0 unspecified atom stereocenters. The highest BCUT2D eigenvalue weighted by Gasteiger charge is 2.18. The summed E-state index contributed by atoms with van der Waals surface area (Å²) >= 11 is 0. The van der Waals surface area contributed by atoms with Crippen LogP contribution in [0.15, 0.2) is 12.5 Å². The first-order valence-corrected chi connectivity index (χ1v) is 11.5. The molecule has 3 rings (SSSR count). The van der Waals surface area contributed by atoms with E-state index in [0.717, 1.165) is 49.8 Å². The van der Waals surface area contributed by atoms with Crippen molar-refractivity contribution in [3.8, 4) is 0 Å². The van der Waals surface area contributed by atoms with Gasteiger partial charge in [-0.3, -0.25) is 10.2 Å². The first kappa shape index (κ1) is 22.5. The third kappa shape index (κ3) is 5.90. The van der Waals surface area contributed by atoms with Gasteiger partial charge in [0.25, 0.3) is 0 Å². The molecule has 0 aromatic carbocycles. The summed E-state index contributed by atoms with van der Waals surface area (Å²) in [4.78, 5) is 23.6. The molecule has 8 nitrogen and oxygen atoms in total. The zero-order chi connectivity index (χ0) is 21.5. The van der Waals surface area contributed by atoms with Crippen LogP contribution in [0.2, 0.25) is 0 Å². The summed E-state index contributed by atoms with van der Waals surface area (Å²) in [6.45, 7) is 10.9. The standard InChI is InChI=1S/C22H37N7O/c1-16(2)28(17(3)4)12-8-9-13-29-21-19(14-25-29)20(23-15-24-21)27-22(30)26-18-10-6-5-7-11-18/h14-18H,5-13H2,1-4H3,(H2,23,24,26,27,30). The normalized spacial score (nSPS) is 15.4. The van der Waals surface area contributed by atoms with Gasteiger partial charge in [0.2, 0.25) is 0 Å². The molecule has 30 heavy (non-hydrogen) atoms. The van der Waals surface area contributed by atoms with Crippen LogP contribution >= 0.6 is 0 Å². The van der Waals surface area contributed by atoms with Crippen molar-refractivity contribution in [2.75, 3.05) is 11.9 Å². The number of fused-ring (bicyclic) bond motifs is 1. The van der Waals surface area contributed by atoms with Crippen LogP contribution in [0.5, 0.6) is 0 Å². The third-order valence-corrected chi connectivity index (χ3v) is 5.97. The fourth-order valence-corrected chi connectivity index (χ4v) is 4.40. The maximum absolute atomic E-state index is 12.4. The lowest BCUT2D eigenvalue weighted by molar-refractivity contribution is 0.171. The lowest BCUT2D eigenvalue weighted by atomic mass is 9.96.